The molecule has 2 N–H and O–H groups in total. The number of carbonyl (C=O) groups excluding carboxylic acids is 2. The van der Waals surface area contributed by atoms with Crippen LogP contribution in [0, 0.1) is 12.8 Å². The molecule has 0 unspecified atom stereocenters. The average molecular weight is 356 g/mol. The summed E-state index contributed by atoms with van der Waals surface area (Å²) in [5.41, 5.74) is 2.69. The van der Waals surface area contributed by atoms with Gasteiger partial charge in [0, 0.05) is 17.4 Å². The van der Waals surface area contributed by atoms with Crippen LogP contribution >= 0.6 is 0 Å². The van der Waals surface area contributed by atoms with Crippen molar-refractivity contribution in [3.8, 4) is 5.69 Å². The lowest BCUT2D eigenvalue weighted by atomic mass is 9.92. The molecule has 0 saturated heterocycles. The van der Waals surface area contributed by atoms with E-state index in [-0.39, 0.29) is 29.7 Å². The third kappa shape index (κ3) is 4.71. The molecule has 6 nitrogen and oxygen atoms in total. The molecule has 0 aliphatic rings. The highest BCUT2D eigenvalue weighted by molar-refractivity contribution is 5.94. The maximum Gasteiger partial charge on any atom is 0.244 e. The van der Waals surface area contributed by atoms with Gasteiger partial charge in [0.15, 0.2) is 0 Å². The molecule has 0 radical (unpaired) electrons. The maximum absolute atomic E-state index is 12.3. The number of carbonyl (C=O) groups is 2. The van der Waals surface area contributed by atoms with Gasteiger partial charge in [0.1, 0.15) is 5.82 Å². The van der Waals surface area contributed by atoms with Crippen LogP contribution in [0.25, 0.3) is 5.69 Å². The fraction of sp³-hybridized carbons (Fsp3) is 0.450. The number of aromatic nitrogens is 2. The predicted octanol–water partition coefficient (Wildman–Crippen LogP) is 3.19. The summed E-state index contributed by atoms with van der Waals surface area (Å²) in [4.78, 5) is 24.0. The number of hydrogen-bond acceptors (Lipinski definition) is 3. The molecule has 0 atom stereocenters. The second-order valence-electron chi connectivity index (χ2n) is 7.78. The van der Waals surface area contributed by atoms with Gasteiger partial charge in [0.25, 0.3) is 0 Å². The van der Waals surface area contributed by atoms with Crippen LogP contribution in [-0.4, -0.2) is 28.1 Å². The predicted molar refractivity (Wildman–Crippen MR) is 103 cm³/mol. The van der Waals surface area contributed by atoms with Gasteiger partial charge in [0.05, 0.1) is 17.9 Å². The van der Waals surface area contributed by atoms with Crippen molar-refractivity contribution in [2.75, 3.05) is 11.9 Å². The third-order valence-corrected chi connectivity index (χ3v) is 4.04. The number of amides is 2. The minimum atomic E-state index is -0.283. The zero-order valence-corrected chi connectivity index (χ0v) is 16.4. The smallest absolute Gasteiger partial charge is 0.244 e. The second kappa shape index (κ2) is 7.72. The highest BCUT2D eigenvalue weighted by Crippen LogP contribution is 2.27. The number of nitrogens with one attached hydrogen (secondary N) is 2. The van der Waals surface area contributed by atoms with Crippen LogP contribution in [0.4, 0.5) is 5.82 Å². The molecule has 6 heteroatoms. The maximum atomic E-state index is 12.3. The van der Waals surface area contributed by atoms with Crippen molar-refractivity contribution in [3.05, 3.63) is 41.6 Å². The van der Waals surface area contributed by atoms with Gasteiger partial charge in [-0.25, -0.2) is 4.68 Å². The first-order valence-electron chi connectivity index (χ1n) is 8.83. The molecule has 2 aromatic rings. The van der Waals surface area contributed by atoms with Crippen LogP contribution in [0.3, 0.4) is 0 Å². The lowest BCUT2D eigenvalue weighted by molar-refractivity contribution is -0.126. The zero-order valence-electron chi connectivity index (χ0n) is 16.4. The average Bonchev–Trinajstić information content (AvgIpc) is 2.96. The van der Waals surface area contributed by atoms with Gasteiger partial charge < -0.3 is 10.6 Å². The van der Waals surface area contributed by atoms with Crippen LogP contribution in [0.2, 0.25) is 0 Å². The fourth-order valence-electron chi connectivity index (χ4n) is 2.38. The van der Waals surface area contributed by atoms with Gasteiger partial charge in [-0.05, 0) is 18.6 Å². The Bertz CT molecular complexity index is 800. The first-order valence-corrected chi connectivity index (χ1v) is 8.83. The third-order valence-electron chi connectivity index (χ3n) is 4.04. The molecule has 1 aromatic carbocycles. The molecular weight excluding hydrogens is 328 g/mol. The molecule has 2 rings (SSSR count). The highest BCUT2D eigenvalue weighted by atomic mass is 16.2. The molecule has 140 valence electrons. The number of rotatable bonds is 5. The van der Waals surface area contributed by atoms with E-state index in [1.165, 1.54) is 0 Å². The lowest BCUT2D eigenvalue weighted by Crippen LogP contribution is -2.35. The van der Waals surface area contributed by atoms with E-state index in [1.807, 2.05) is 37.3 Å². The number of hydrogen-bond donors (Lipinski definition) is 2. The minimum Gasteiger partial charge on any atom is -0.347 e. The number of aryl methyl sites for hydroxylation is 1. The molecule has 0 fully saturated rings. The topological polar surface area (TPSA) is 76.0 Å². The summed E-state index contributed by atoms with van der Waals surface area (Å²) < 4.78 is 1.75. The molecule has 2 amide bonds. The summed E-state index contributed by atoms with van der Waals surface area (Å²) in [5.74, 6) is -0.00190. The van der Waals surface area contributed by atoms with Crippen LogP contribution in [0.5, 0.6) is 0 Å². The van der Waals surface area contributed by atoms with Crippen molar-refractivity contribution < 1.29 is 9.59 Å². The highest BCUT2D eigenvalue weighted by Gasteiger charge is 2.22. The van der Waals surface area contributed by atoms with Crippen molar-refractivity contribution in [1.29, 1.82) is 0 Å². The Balaban J connectivity index is 2.29. The van der Waals surface area contributed by atoms with Gasteiger partial charge in [0.2, 0.25) is 11.8 Å². The molecule has 0 saturated carbocycles. The summed E-state index contributed by atoms with van der Waals surface area (Å²) in [7, 11) is 0. The quantitative estimate of drug-likeness (QED) is 0.864. The monoisotopic (exact) mass is 356 g/mol. The Kier molecular flexibility index (Phi) is 5.85. The van der Waals surface area contributed by atoms with Gasteiger partial charge in [-0.2, -0.15) is 5.10 Å². The zero-order chi connectivity index (χ0) is 19.5. The number of para-hydroxylation sites is 1. The summed E-state index contributed by atoms with van der Waals surface area (Å²) in [6, 6.07) is 9.75. The summed E-state index contributed by atoms with van der Waals surface area (Å²) >= 11 is 0. The van der Waals surface area contributed by atoms with Crippen molar-refractivity contribution >= 4 is 17.6 Å². The number of nitrogens with zero attached hydrogens (tertiary/aromatic N) is 2. The van der Waals surface area contributed by atoms with E-state index in [0.29, 0.717) is 5.82 Å². The molecular formula is C20H28N4O2. The Morgan fingerprint density at radius 3 is 2.42 bits per heavy atom. The van der Waals surface area contributed by atoms with E-state index < -0.39 is 0 Å². The summed E-state index contributed by atoms with van der Waals surface area (Å²) in [6.45, 7) is 11.7. The Hall–Kier alpha value is -2.63. The van der Waals surface area contributed by atoms with Crippen molar-refractivity contribution in [1.82, 2.24) is 15.1 Å². The van der Waals surface area contributed by atoms with Gasteiger partial charge in [-0.3, -0.25) is 9.59 Å². The Labute approximate surface area is 155 Å². The standard InChI is InChI=1S/C20H28N4O2/c1-13(2)19(26)21-12-18(25)22-17-11-16(20(4,5)6)23-24(17)15-10-8-7-9-14(15)3/h7-11,13H,12H2,1-6H3,(H,21,26)(H,22,25). The van der Waals surface area contributed by atoms with Gasteiger partial charge in [-0.15, -0.1) is 0 Å². The molecule has 1 heterocycles. The lowest BCUT2D eigenvalue weighted by Gasteiger charge is -2.14. The normalized spacial score (nSPS) is 11.5. The van der Waals surface area contributed by atoms with Gasteiger partial charge >= 0.3 is 0 Å². The van der Waals surface area contributed by atoms with E-state index in [2.05, 4.69) is 31.4 Å². The molecule has 1 aromatic heterocycles. The molecule has 26 heavy (non-hydrogen) atoms. The molecule has 0 aliphatic heterocycles. The first-order chi connectivity index (χ1) is 12.1. The first kappa shape index (κ1) is 19.7. The van der Waals surface area contributed by atoms with E-state index in [1.54, 1.807) is 18.5 Å². The van der Waals surface area contributed by atoms with E-state index >= 15 is 0 Å². The fourth-order valence-corrected chi connectivity index (χ4v) is 2.38. The molecule has 0 aliphatic carbocycles. The molecule has 0 spiro atoms. The van der Waals surface area contributed by atoms with Crippen LogP contribution < -0.4 is 10.6 Å². The van der Waals surface area contributed by atoms with Crippen LogP contribution in [-0.2, 0) is 15.0 Å². The van der Waals surface area contributed by atoms with Crippen molar-refractivity contribution in [3.63, 3.8) is 0 Å². The second-order valence-corrected chi connectivity index (χ2v) is 7.78. The molecule has 0 bridgehead atoms. The van der Waals surface area contributed by atoms with Crippen LogP contribution in [0.15, 0.2) is 30.3 Å². The SMILES string of the molecule is Cc1ccccc1-n1nc(C(C)(C)C)cc1NC(=O)CNC(=O)C(C)C. The van der Waals surface area contributed by atoms with E-state index in [0.717, 1.165) is 16.9 Å². The Morgan fingerprint density at radius 2 is 1.85 bits per heavy atom. The number of anilines is 1. The van der Waals surface area contributed by atoms with E-state index in [4.69, 9.17) is 5.10 Å². The summed E-state index contributed by atoms with van der Waals surface area (Å²) in [5, 5.41) is 10.2. The van der Waals surface area contributed by atoms with Crippen molar-refractivity contribution in [2.24, 2.45) is 5.92 Å². The van der Waals surface area contributed by atoms with E-state index in [9.17, 15) is 9.59 Å². The van der Waals surface area contributed by atoms with Gasteiger partial charge in [-0.1, -0.05) is 52.8 Å². The minimum absolute atomic E-state index is 0.0686. The number of benzene rings is 1. The van der Waals surface area contributed by atoms with Crippen LogP contribution in [0.1, 0.15) is 45.9 Å². The summed E-state index contributed by atoms with van der Waals surface area (Å²) in [6.07, 6.45) is 0. The van der Waals surface area contributed by atoms with Crippen molar-refractivity contribution in [2.45, 2.75) is 47.0 Å². The largest absolute Gasteiger partial charge is 0.347 e. The Morgan fingerprint density at radius 1 is 1.19 bits per heavy atom.